The Kier molecular flexibility index (Phi) is 18.4. The second-order valence-electron chi connectivity index (χ2n) is 10.1. The first-order valence-corrected chi connectivity index (χ1v) is 16.9. The molecule has 0 amide bonds. The van der Waals surface area contributed by atoms with Crippen molar-refractivity contribution in [2.75, 3.05) is 66.0 Å². The molecule has 4 nitrogen and oxygen atoms in total. The summed E-state index contributed by atoms with van der Waals surface area (Å²) in [5.74, 6) is 0. The topological polar surface area (TPSA) is 19.0 Å². The van der Waals surface area contributed by atoms with Crippen LogP contribution in [-0.2, 0) is 4.43 Å². The molecule has 194 valence electrons. The van der Waals surface area contributed by atoms with Gasteiger partial charge in [-0.3, -0.25) is 0 Å². The van der Waals surface area contributed by atoms with Crippen molar-refractivity contribution in [1.82, 2.24) is 14.7 Å². The average Bonchev–Trinajstić information content (AvgIpc) is 2.82. The first-order chi connectivity index (χ1) is 15.3. The van der Waals surface area contributed by atoms with Crippen LogP contribution in [0.3, 0.4) is 0 Å². The van der Waals surface area contributed by atoms with Crippen LogP contribution in [0.25, 0.3) is 0 Å². The van der Waals surface area contributed by atoms with E-state index in [4.69, 9.17) is 4.43 Å². The molecule has 0 fully saturated rings. The van der Waals surface area contributed by atoms with Gasteiger partial charge in [-0.15, -0.1) is 0 Å². The van der Waals surface area contributed by atoms with E-state index in [1.165, 1.54) is 110 Å². The number of hydrogen-bond donors (Lipinski definition) is 0. The Labute approximate surface area is 204 Å². The lowest BCUT2D eigenvalue weighted by molar-refractivity contribution is 0.174. The molecule has 0 aliphatic heterocycles. The molecule has 32 heavy (non-hydrogen) atoms. The van der Waals surface area contributed by atoms with Crippen molar-refractivity contribution >= 4 is 8.32 Å². The molecule has 1 atom stereocenters. The van der Waals surface area contributed by atoms with Crippen molar-refractivity contribution in [1.29, 1.82) is 0 Å². The van der Waals surface area contributed by atoms with Gasteiger partial charge in [0, 0.05) is 7.11 Å². The third kappa shape index (κ3) is 12.5. The van der Waals surface area contributed by atoms with E-state index in [2.05, 4.69) is 69.7 Å². The molecule has 0 spiro atoms. The van der Waals surface area contributed by atoms with Gasteiger partial charge in [-0.2, -0.15) is 0 Å². The van der Waals surface area contributed by atoms with Gasteiger partial charge >= 0.3 is 0 Å². The van der Waals surface area contributed by atoms with E-state index < -0.39 is 8.32 Å². The molecule has 0 aliphatic carbocycles. The van der Waals surface area contributed by atoms with E-state index in [0.717, 1.165) is 0 Å². The summed E-state index contributed by atoms with van der Waals surface area (Å²) in [5.41, 5.74) is 0.445. The Morgan fingerprint density at radius 1 is 0.594 bits per heavy atom. The maximum atomic E-state index is 6.26. The number of nitrogens with zero attached hydrogens (tertiary/aromatic N) is 3. The van der Waals surface area contributed by atoms with Crippen LogP contribution in [0.5, 0.6) is 0 Å². The molecule has 0 heterocycles. The molecule has 0 saturated carbocycles. The van der Waals surface area contributed by atoms with Crippen LogP contribution in [0.2, 0.25) is 18.6 Å². The molecular weight excluding hydrogens is 410 g/mol. The van der Waals surface area contributed by atoms with E-state index >= 15 is 0 Å². The Balaban J connectivity index is 5.54. The normalized spacial score (nSPS) is 14.6. The zero-order valence-electron chi connectivity index (χ0n) is 23.8. The Morgan fingerprint density at radius 2 is 0.906 bits per heavy atom. The minimum Gasteiger partial charge on any atom is -0.420 e. The molecule has 0 aromatic rings. The summed E-state index contributed by atoms with van der Waals surface area (Å²) in [6, 6.07) is 2.56. The third-order valence-electron chi connectivity index (χ3n) is 8.22. The van der Waals surface area contributed by atoms with E-state index in [1.54, 1.807) is 0 Å². The summed E-state index contributed by atoms with van der Waals surface area (Å²) in [6.07, 6.45) is 8.09. The molecule has 5 heteroatoms. The lowest BCUT2D eigenvalue weighted by Crippen LogP contribution is -2.41. The molecule has 0 radical (unpaired) electrons. The minimum atomic E-state index is -1.65. The van der Waals surface area contributed by atoms with Gasteiger partial charge < -0.3 is 19.1 Å². The summed E-state index contributed by atoms with van der Waals surface area (Å²) in [5, 5.41) is 0. The van der Waals surface area contributed by atoms with Crippen molar-refractivity contribution in [2.24, 2.45) is 5.41 Å². The fraction of sp³-hybridized carbons (Fsp3) is 1.00. The minimum absolute atomic E-state index is 0.445. The average molecular weight is 472 g/mol. The first kappa shape index (κ1) is 32.1. The molecule has 0 aromatic heterocycles. The summed E-state index contributed by atoms with van der Waals surface area (Å²) in [7, 11) is 0.333. The SMILES string of the molecule is CCN(CC)CCCC(CCCN(CC)CC)(CCCN(CC)CC)C[Si](C)(CC)OC. The maximum Gasteiger partial charge on any atom is 0.189 e. The standard InChI is InChI=1S/C27H61N3OSi/c1-10-28(11-2)23-17-20-27(26-32(9,16-7)31-8,21-18-24-29(12-3)13-4)22-19-25-30(14-5)15-6/h10-26H2,1-9H3. The zero-order chi connectivity index (χ0) is 24.5. The highest BCUT2D eigenvalue weighted by Crippen LogP contribution is 2.44. The van der Waals surface area contributed by atoms with E-state index in [-0.39, 0.29) is 0 Å². The first-order valence-electron chi connectivity index (χ1n) is 14.0. The van der Waals surface area contributed by atoms with Crippen LogP contribution in [0, 0.1) is 5.41 Å². The van der Waals surface area contributed by atoms with Crippen molar-refractivity contribution < 1.29 is 4.43 Å². The number of rotatable bonds is 22. The highest BCUT2D eigenvalue weighted by Gasteiger charge is 2.39. The van der Waals surface area contributed by atoms with E-state index in [1.807, 2.05) is 7.11 Å². The van der Waals surface area contributed by atoms with Gasteiger partial charge in [0.15, 0.2) is 8.32 Å². The lowest BCUT2D eigenvalue weighted by atomic mass is 9.76. The van der Waals surface area contributed by atoms with Crippen LogP contribution in [0.4, 0.5) is 0 Å². The van der Waals surface area contributed by atoms with Crippen LogP contribution in [-0.4, -0.2) is 89.0 Å². The van der Waals surface area contributed by atoms with Crippen LogP contribution >= 0.6 is 0 Å². The van der Waals surface area contributed by atoms with E-state index in [0.29, 0.717) is 5.41 Å². The van der Waals surface area contributed by atoms with E-state index in [9.17, 15) is 0 Å². The summed E-state index contributed by atoms with van der Waals surface area (Å²) < 4.78 is 6.26. The second-order valence-corrected chi connectivity index (χ2v) is 14.4. The smallest absolute Gasteiger partial charge is 0.189 e. The fourth-order valence-corrected chi connectivity index (χ4v) is 8.23. The van der Waals surface area contributed by atoms with Gasteiger partial charge in [0.2, 0.25) is 0 Å². The molecule has 0 saturated heterocycles. The second kappa shape index (κ2) is 18.4. The van der Waals surface area contributed by atoms with Gasteiger partial charge in [0.1, 0.15) is 0 Å². The van der Waals surface area contributed by atoms with Gasteiger partial charge in [0.05, 0.1) is 0 Å². The van der Waals surface area contributed by atoms with Crippen molar-refractivity contribution in [3.05, 3.63) is 0 Å². The van der Waals surface area contributed by atoms with Crippen molar-refractivity contribution in [2.45, 2.75) is 106 Å². The lowest BCUT2D eigenvalue weighted by Gasteiger charge is -2.41. The van der Waals surface area contributed by atoms with Gasteiger partial charge in [-0.25, -0.2) is 0 Å². The van der Waals surface area contributed by atoms with Crippen molar-refractivity contribution in [3.8, 4) is 0 Å². The Bertz CT molecular complexity index is 374. The fourth-order valence-electron chi connectivity index (χ4n) is 5.43. The molecule has 0 N–H and O–H groups in total. The van der Waals surface area contributed by atoms with Crippen molar-refractivity contribution in [3.63, 3.8) is 0 Å². The largest absolute Gasteiger partial charge is 0.420 e. The summed E-state index contributed by atoms with van der Waals surface area (Å²) in [4.78, 5) is 7.80. The van der Waals surface area contributed by atoms with Gasteiger partial charge in [-0.05, 0) is 121 Å². The maximum absolute atomic E-state index is 6.26. The molecule has 1 unspecified atom stereocenters. The highest BCUT2D eigenvalue weighted by molar-refractivity contribution is 6.72. The predicted molar refractivity (Wildman–Crippen MR) is 147 cm³/mol. The molecule has 0 aromatic carbocycles. The quantitative estimate of drug-likeness (QED) is 0.166. The van der Waals surface area contributed by atoms with Crippen LogP contribution in [0.15, 0.2) is 0 Å². The zero-order valence-corrected chi connectivity index (χ0v) is 24.8. The van der Waals surface area contributed by atoms with Crippen LogP contribution in [0.1, 0.15) is 87.0 Å². The molecule has 0 bridgehead atoms. The van der Waals surface area contributed by atoms with Gasteiger partial charge in [-0.1, -0.05) is 48.5 Å². The Morgan fingerprint density at radius 3 is 1.12 bits per heavy atom. The predicted octanol–water partition coefficient (Wildman–Crippen LogP) is 6.58. The van der Waals surface area contributed by atoms with Gasteiger partial charge in [0.25, 0.3) is 0 Å². The Hall–Kier alpha value is 0.0569. The summed E-state index contributed by atoms with van der Waals surface area (Å²) in [6.45, 7) is 29.5. The summed E-state index contributed by atoms with van der Waals surface area (Å²) >= 11 is 0. The van der Waals surface area contributed by atoms with Crippen LogP contribution < -0.4 is 0 Å². The molecule has 0 rings (SSSR count). The third-order valence-corrected chi connectivity index (χ3v) is 12.2. The monoisotopic (exact) mass is 471 g/mol. The highest BCUT2D eigenvalue weighted by atomic mass is 28.4. The number of hydrogen-bond acceptors (Lipinski definition) is 4. The molecular formula is C27H61N3OSi. The molecule has 0 aliphatic rings.